The molecule has 1 atom stereocenters. The Labute approximate surface area is 222 Å². The van der Waals surface area contributed by atoms with Crippen molar-refractivity contribution in [2.24, 2.45) is 7.05 Å². The van der Waals surface area contributed by atoms with Crippen molar-refractivity contribution in [2.75, 3.05) is 18.5 Å². The standard InChI is InChI=1S/C27H28F3N3O6/c1-4-38-22(34)13-20(31-26(37)32-23-24(35)16(2)14-33(3)25(23)36)18-10-11-21(39-15-27(28,29)30)19(12-18)17-8-6-5-7-9-17/h5-12,14,20,35H,4,13,15H2,1-3H3,(H2,31,32,37). The molecule has 3 aromatic rings. The van der Waals surface area contributed by atoms with Crippen LogP contribution >= 0.6 is 0 Å². The fourth-order valence-corrected chi connectivity index (χ4v) is 3.84. The number of hydrogen-bond donors (Lipinski definition) is 3. The summed E-state index contributed by atoms with van der Waals surface area (Å²) in [4.78, 5) is 37.7. The summed E-state index contributed by atoms with van der Waals surface area (Å²) in [6.07, 6.45) is -3.48. The number of aromatic hydroxyl groups is 1. The number of nitrogens with one attached hydrogen (secondary N) is 2. The number of aromatic nitrogens is 1. The number of anilines is 1. The highest BCUT2D eigenvalue weighted by Gasteiger charge is 2.29. The number of halogens is 3. The maximum atomic E-state index is 12.9. The lowest BCUT2D eigenvalue weighted by molar-refractivity contribution is -0.153. The highest BCUT2D eigenvalue weighted by atomic mass is 19.4. The van der Waals surface area contributed by atoms with Gasteiger partial charge >= 0.3 is 18.2 Å². The minimum atomic E-state index is -4.56. The third-order valence-corrected chi connectivity index (χ3v) is 5.63. The maximum Gasteiger partial charge on any atom is 0.422 e. The van der Waals surface area contributed by atoms with E-state index in [4.69, 9.17) is 9.47 Å². The average Bonchev–Trinajstić information content (AvgIpc) is 2.88. The Morgan fingerprint density at radius 1 is 1.13 bits per heavy atom. The normalized spacial score (nSPS) is 11.9. The SMILES string of the molecule is CCOC(=O)CC(NC(=O)Nc1c(O)c(C)cn(C)c1=O)c1ccc(OCC(F)(F)F)c(-c2ccccc2)c1. The first-order chi connectivity index (χ1) is 18.4. The van der Waals surface area contributed by atoms with E-state index in [0.29, 0.717) is 22.3 Å². The second-order valence-corrected chi connectivity index (χ2v) is 8.64. The van der Waals surface area contributed by atoms with Gasteiger partial charge in [-0.1, -0.05) is 36.4 Å². The zero-order chi connectivity index (χ0) is 28.7. The Morgan fingerprint density at radius 2 is 1.82 bits per heavy atom. The zero-order valence-electron chi connectivity index (χ0n) is 21.5. The minimum absolute atomic E-state index is 0.0465. The summed E-state index contributed by atoms with van der Waals surface area (Å²) in [5, 5.41) is 15.2. The predicted molar refractivity (Wildman–Crippen MR) is 138 cm³/mol. The van der Waals surface area contributed by atoms with Crippen LogP contribution in [0.3, 0.4) is 0 Å². The number of carbonyl (C=O) groups is 2. The molecule has 0 saturated carbocycles. The number of carbonyl (C=O) groups excluding carboxylic acids is 2. The number of hydrogen-bond acceptors (Lipinski definition) is 6. The molecule has 0 fully saturated rings. The van der Waals surface area contributed by atoms with Gasteiger partial charge in [0, 0.05) is 24.4 Å². The van der Waals surface area contributed by atoms with Crippen LogP contribution in [0.1, 0.15) is 30.5 Å². The van der Waals surface area contributed by atoms with E-state index in [1.807, 2.05) is 0 Å². The predicted octanol–water partition coefficient (Wildman–Crippen LogP) is 4.82. The van der Waals surface area contributed by atoms with Gasteiger partial charge in [0.2, 0.25) is 0 Å². The van der Waals surface area contributed by atoms with Gasteiger partial charge in [0.25, 0.3) is 5.56 Å². The quantitative estimate of drug-likeness (QED) is 0.331. The molecule has 0 bridgehead atoms. The zero-order valence-corrected chi connectivity index (χ0v) is 21.5. The first-order valence-corrected chi connectivity index (χ1v) is 11.9. The van der Waals surface area contributed by atoms with Crippen molar-refractivity contribution in [3.05, 3.63) is 76.2 Å². The van der Waals surface area contributed by atoms with Gasteiger partial charge < -0.3 is 29.8 Å². The van der Waals surface area contributed by atoms with Crippen molar-refractivity contribution in [1.29, 1.82) is 0 Å². The van der Waals surface area contributed by atoms with E-state index in [9.17, 15) is 32.7 Å². The highest BCUT2D eigenvalue weighted by Crippen LogP contribution is 2.34. The molecule has 0 radical (unpaired) electrons. The van der Waals surface area contributed by atoms with Crippen LogP contribution < -0.4 is 20.9 Å². The molecule has 3 N–H and O–H groups in total. The first kappa shape index (κ1) is 29.1. The number of alkyl halides is 3. The average molecular weight is 548 g/mol. The number of rotatable bonds is 9. The van der Waals surface area contributed by atoms with E-state index in [-0.39, 0.29) is 24.5 Å². The number of pyridine rings is 1. The van der Waals surface area contributed by atoms with Gasteiger partial charge in [0.05, 0.1) is 19.1 Å². The summed E-state index contributed by atoms with van der Waals surface area (Å²) < 4.78 is 49.8. The number of esters is 1. The fraction of sp³-hybridized carbons (Fsp3) is 0.296. The molecule has 2 aromatic carbocycles. The van der Waals surface area contributed by atoms with E-state index in [1.165, 1.54) is 36.0 Å². The van der Waals surface area contributed by atoms with Crippen molar-refractivity contribution in [3.8, 4) is 22.6 Å². The number of amides is 2. The second kappa shape index (κ2) is 12.4. The van der Waals surface area contributed by atoms with Gasteiger partial charge in [-0.25, -0.2) is 4.79 Å². The Bertz CT molecular complexity index is 1390. The van der Waals surface area contributed by atoms with Crippen LogP contribution in [-0.4, -0.2) is 41.1 Å². The van der Waals surface area contributed by atoms with Gasteiger partial charge in [0.1, 0.15) is 11.5 Å². The molecule has 0 spiro atoms. The van der Waals surface area contributed by atoms with Crippen LogP contribution in [0.4, 0.5) is 23.7 Å². The minimum Gasteiger partial charge on any atom is -0.505 e. The summed E-state index contributed by atoms with van der Waals surface area (Å²) in [6, 6.07) is 10.8. The fourth-order valence-electron chi connectivity index (χ4n) is 3.84. The Hall–Kier alpha value is -4.48. The number of ether oxygens (including phenoxy) is 2. The molecular formula is C27H28F3N3O6. The molecule has 39 heavy (non-hydrogen) atoms. The lowest BCUT2D eigenvalue weighted by Gasteiger charge is -2.21. The second-order valence-electron chi connectivity index (χ2n) is 8.64. The van der Waals surface area contributed by atoms with E-state index in [2.05, 4.69) is 10.6 Å². The number of aryl methyl sites for hydroxylation is 2. The van der Waals surface area contributed by atoms with Crippen LogP contribution in [-0.2, 0) is 16.6 Å². The van der Waals surface area contributed by atoms with Gasteiger partial charge in [-0.2, -0.15) is 13.2 Å². The van der Waals surface area contributed by atoms with Gasteiger partial charge in [0.15, 0.2) is 12.3 Å². The maximum absolute atomic E-state index is 12.9. The molecule has 3 rings (SSSR count). The van der Waals surface area contributed by atoms with Crippen molar-refractivity contribution < 1.29 is 37.3 Å². The molecule has 1 aromatic heterocycles. The van der Waals surface area contributed by atoms with E-state index >= 15 is 0 Å². The highest BCUT2D eigenvalue weighted by molar-refractivity contribution is 5.91. The van der Waals surface area contributed by atoms with Crippen LogP contribution in [0, 0.1) is 6.92 Å². The van der Waals surface area contributed by atoms with E-state index < -0.39 is 42.1 Å². The smallest absolute Gasteiger partial charge is 0.422 e. The van der Waals surface area contributed by atoms with Gasteiger partial charge in [-0.15, -0.1) is 0 Å². The summed E-state index contributed by atoms with van der Waals surface area (Å²) in [7, 11) is 1.45. The molecule has 0 aliphatic heterocycles. The van der Waals surface area contributed by atoms with Gasteiger partial charge in [-0.05, 0) is 37.1 Å². The molecule has 0 aliphatic carbocycles. The van der Waals surface area contributed by atoms with E-state index in [1.54, 1.807) is 44.2 Å². The number of nitrogens with zero attached hydrogens (tertiary/aromatic N) is 1. The number of urea groups is 1. The molecule has 1 unspecified atom stereocenters. The third kappa shape index (κ3) is 7.76. The molecule has 208 valence electrons. The molecule has 1 heterocycles. The molecule has 9 nitrogen and oxygen atoms in total. The molecule has 2 amide bonds. The molecule has 0 saturated heterocycles. The Kier molecular flexibility index (Phi) is 9.23. The van der Waals surface area contributed by atoms with Crippen molar-refractivity contribution in [1.82, 2.24) is 9.88 Å². The largest absolute Gasteiger partial charge is 0.505 e. The number of benzene rings is 2. The lowest BCUT2D eigenvalue weighted by Crippen LogP contribution is -2.36. The molecular weight excluding hydrogens is 519 g/mol. The Balaban J connectivity index is 1.98. The monoisotopic (exact) mass is 547 g/mol. The van der Waals surface area contributed by atoms with Crippen LogP contribution in [0.15, 0.2) is 59.5 Å². The van der Waals surface area contributed by atoms with Gasteiger partial charge in [-0.3, -0.25) is 9.59 Å². The summed E-state index contributed by atoms with van der Waals surface area (Å²) in [5.74, 6) is -1.10. The topological polar surface area (TPSA) is 119 Å². The van der Waals surface area contributed by atoms with Crippen LogP contribution in [0.25, 0.3) is 11.1 Å². The third-order valence-electron chi connectivity index (χ3n) is 5.63. The Morgan fingerprint density at radius 3 is 2.46 bits per heavy atom. The van der Waals surface area contributed by atoms with Crippen LogP contribution in [0.2, 0.25) is 0 Å². The van der Waals surface area contributed by atoms with Crippen molar-refractivity contribution in [2.45, 2.75) is 32.5 Å². The summed E-state index contributed by atoms with van der Waals surface area (Å²) in [5.41, 5.74) is 0.538. The van der Waals surface area contributed by atoms with Crippen LogP contribution in [0.5, 0.6) is 11.5 Å². The lowest BCUT2D eigenvalue weighted by atomic mass is 9.97. The van der Waals surface area contributed by atoms with E-state index in [0.717, 1.165) is 0 Å². The van der Waals surface area contributed by atoms with Crippen molar-refractivity contribution >= 4 is 17.7 Å². The molecule has 12 heteroatoms. The first-order valence-electron chi connectivity index (χ1n) is 11.9. The molecule has 0 aliphatic rings. The summed E-state index contributed by atoms with van der Waals surface area (Å²) in [6.45, 7) is 1.75. The van der Waals surface area contributed by atoms with Crippen molar-refractivity contribution in [3.63, 3.8) is 0 Å². The summed E-state index contributed by atoms with van der Waals surface area (Å²) >= 11 is 0.